The van der Waals surface area contributed by atoms with Crippen molar-refractivity contribution in [3.05, 3.63) is 18.0 Å². The summed E-state index contributed by atoms with van der Waals surface area (Å²) in [6.45, 7) is 2.21. The number of Topliss-reactive ketones (excluding diaryl/α,β-unsaturated/α-hetero) is 1. The van der Waals surface area contributed by atoms with Crippen molar-refractivity contribution in [2.45, 2.75) is 19.4 Å². The minimum absolute atomic E-state index is 0.0962. The number of amides is 1. The molecule has 0 unspecified atom stereocenters. The lowest BCUT2D eigenvalue weighted by Crippen LogP contribution is -2.43. The maximum atomic E-state index is 12.1. The van der Waals surface area contributed by atoms with Crippen LogP contribution in [0.3, 0.4) is 0 Å². The Hall–Kier alpha value is -1.69. The highest BCUT2D eigenvalue weighted by atomic mass is 16.2. The molecule has 2 rings (SSSR count). The van der Waals surface area contributed by atoms with Crippen molar-refractivity contribution in [3.8, 4) is 0 Å². The lowest BCUT2D eigenvalue weighted by Gasteiger charge is -2.28. The molecule has 1 aromatic heterocycles. The number of aryl methyl sites for hydroxylation is 1. The molecular formula is C13H20N4O2. The molecule has 1 aromatic rings. The van der Waals surface area contributed by atoms with E-state index in [0.29, 0.717) is 39.0 Å². The number of rotatable bonds is 4. The number of likely N-dealkylation sites (tertiary alicyclic amines) is 1. The fraction of sp³-hybridized carbons (Fsp3) is 0.615. The topological polar surface area (TPSA) is 58.4 Å². The number of carbonyl (C=O) groups is 2. The monoisotopic (exact) mass is 264 g/mol. The summed E-state index contributed by atoms with van der Waals surface area (Å²) in [5, 5.41) is 4.10. The summed E-state index contributed by atoms with van der Waals surface area (Å²) in [4.78, 5) is 26.9. The van der Waals surface area contributed by atoms with Crippen molar-refractivity contribution in [2.24, 2.45) is 7.05 Å². The van der Waals surface area contributed by atoms with Gasteiger partial charge in [-0.3, -0.25) is 19.2 Å². The fourth-order valence-electron chi connectivity index (χ4n) is 2.26. The molecular weight excluding hydrogens is 244 g/mol. The second kappa shape index (κ2) is 5.97. The van der Waals surface area contributed by atoms with E-state index in [1.807, 2.05) is 25.2 Å². The van der Waals surface area contributed by atoms with E-state index >= 15 is 0 Å². The lowest BCUT2D eigenvalue weighted by atomic mass is 10.1. The van der Waals surface area contributed by atoms with Crippen LogP contribution in [0.4, 0.5) is 0 Å². The van der Waals surface area contributed by atoms with Gasteiger partial charge in [-0.2, -0.15) is 5.10 Å². The van der Waals surface area contributed by atoms with Gasteiger partial charge in [0.05, 0.1) is 12.7 Å². The van der Waals surface area contributed by atoms with Crippen molar-refractivity contribution in [3.63, 3.8) is 0 Å². The number of piperidine rings is 1. The van der Waals surface area contributed by atoms with E-state index in [0.717, 1.165) is 5.56 Å². The first-order valence-corrected chi connectivity index (χ1v) is 6.50. The molecule has 0 saturated carbocycles. The van der Waals surface area contributed by atoms with E-state index in [9.17, 15) is 9.59 Å². The van der Waals surface area contributed by atoms with Crippen molar-refractivity contribution < 1.29 is 9.59 Å². The summed E-state index contributed by atoms with van der Waals surface area (Å²) in [6, 6.07) is 0. The van der Waals surface area contributed by atoms with Crippen molar-refractivity contribution in [1.29, 1.82) is 0 Å². The molecule has 2 heterocycles. The number of carbonyl (C=O) groups excluding carboxylic acids is 2. The van der Waals surface area contributed by atoms with Crippen LogP contribution in [-0.2, 0) is 23.2 Å². The highest BCUT2D eigenvalue weighted by Gasteiger charge is 2.21. The molecule has 0 bridgehead atoms. The summed E-state index contributed by atoms with van der Waals surface area (Å²) in [5.74, 6) is 0.353. The first-order chi connectivity index (χ1) is 9.04. The molecule has 104 valence electrons. The van der Waals surface area contributed by atoms with E-state index in [1.54, 1.807) is 15.8 Å². The van der Waals surface area contributed by atoms with Gasteiger partial charge in [0.2, 0.25) is 5.91 Å². The van der Waals surface area contributed by atoms with Gasteiger partial charge in [0.25, 0.3) is 0 Å². The number of likely N-dealkylation sites (N-methyl/N-ethyl adjacent to an activating group) is 1. The van der Waals surface area contributed by atoms with E-state index in [2.05, 4.69) is 5.10 Å². The second-order valence-electron chi connectivity index (χ2n) is 5.11. The van der Waals surface area contributed by atoms with Crippen LogP contribution in [-0.4, -0.2) is 58.0 Å². The van der Waals surface area contributed by atoms with Crippen LogP contribution in [0.5, 0.6) is 0 Å². The van der Waals surface area contributed by atoms with Gasteiger partial charge in [-0.15, -0.1) is 0 Å². The summed E-state index contributed by atoms with van der Waals surface area (Å²) in [6.07, 6.45) is 4.75. The van der Waals surface area contributed by atoms with Gasteiger partial charge in [0, 0.05) is 51.3 Å². The van der Waals surface area contributed by atoms with Gasteiger partial charge in [0.1, 0.15) is 5.78 Å². The average molecular weight is 264 g/mol. The Labute approximate surface area is 113 Å². The van der Waals surface area contributed by atoms with Gasteiger partial charge < -0.3 is 4.90 Å². The SMILES string of the molecule is CN(CC(=O)N1CCC(=O)CC1)Cc1cnn(C)c1. The maximum absolute atomic E-state index is 12.1. The lowest BCUT2D eigenvalue weighted by molar-refractivity contribution is -0.135. The van der Waals surface area contributed by atoms with Crippen LogP contribution in [0.1, 0.15) is 18.4 Å². The minimum atomic E-state index is 0.0962. The van der Waals surface area contributed by atoms with Crippen molar-refractivity contribution >= 4 is 11.7 Å². The number of hydrogen-bond donors (Lipinski definition) is 0. The summed E-state index contributed by atoms with van der Waals surface area (Å²) in [7, 11) is 3.79. The van der Waals surface area contributed by atoms with E-state index in [1.165, 1.54) is 0 Å². The third kappa shape index (κ3) is 3.89. The largest absolute Gasteiger partial charge is 0.341 e. The van der Waals surface area contributed by atoms with Crippen LogP contribution >= 0.6 is 0 Å². The Balaban J connectivity index is 1.80. The molecule has 1 fully saturated rings. The van der Waals surface area contributed by atoms with Crippen molar-refractivity contribution in [2.75, 3.05) is 26.7 Å². The quantitative estimate of drug-likeness (QED) is 0.770. The first-order valence-electron chi connectivity index (χ1n) is 6.50. The van der Waals surface area contributed by atoms with Gasteiger partial charge in [-0.25, -0.2) is 0 Å². The Morgan fingerprint density at radius 2 is 2.11 bits per heavy atom. The summed E-state index contributed by atoms with van der Waals surface area (Å²) < 4.78 is 1.75. The highest BCUT2D eigenvalue weighted by molar-refractivity contribution is 5.84. The number of ketones is 1. The molecule has 1 saturated heterocycles. The molecule has 0 atom stereocenters. The molecule has 19 heavy (non-hydrogen) atoms. The third-order valence-electron chi connectivity index (χ3n) is 3.29. The Morgan fingerprint density at radius 3 is 2.68 bits per heavy atom. The standard InChI is InChI=1S/C13H20N4O2/c1-15(8-11-7-14-16(2)9-11)10-13(19)17-5-3-12(18)4-6-17/h7,9H,3-6,8,10H2,1-2H3. The van der Waals surface area contributed by atoms with Crippen molar-refractivity contribution in [1.82, 2.24) is 19.6 Å². The molecule has 6 heteroatoms. The molecule has 0 N–H and O–H groups in total. The second-order valence-corrected chi connectivity index (χ2v) is 5.11. The average Bonchev–Trinajstić information content (AvgIpc) is 2.75. The Bertz CT molecular complexity index is 459. The zero-order valence-corrected chi connectivity index (χ0v) is 11.5. The van der Waals surface area contributed by atoms with E-state index in [4.69, 9.17) is 0 Å². The van der Waals surface area contributed by atoms with Crippen LogP contribution in [0.2, 0.25) is 0 Å². The molecule has 1 amide bonds. The normalized spacial score (nSPS) is 16.2. The predicted octanol–water partition coefficient (Wildman–Crippen LogP) is 0.0434. The summed E-state index contributed by atoms with van der Waals surface area (Å²) in [5.41, 5.74) is 1.09. The highest BCUT2D eigenvalue weighted by Crippen LogP contribution is 2.07. The van der Waals surface area contributed by atoms with Crippen LogP contribution in [0, 0.1) is 0 Å². The zero-order chi connectivity index (χ0) is 13.8. The van der Waals surface area contributed by atoms with Gasteiger partial charge in [-0.05, 0) is 7.05 Å². The number of aromatic nitrogens is 2. The third-order valence-corrected chi connectivity index (χ3v) is 3.29. The summed E-state index contributed by atoms with van der Waals surface area (Å²) >= 11 is 0. The maximum Gasteiger partial charge on any atom is 0.236 e. The smallest absolute Gasteiger partial charge is 0.236 e. The van der Waals surface area contributed by atoms with Crippen LogP contribution in [0.15, 0.2) is 12.4 Å². The van der Waals surface area contributed by atoms with Crippen LogP contribution in [0.25, 0.3) is 0 Å². The van der Waals surface area contributed by atoms with Crippen LogP contribution < -0.4 is 0 Å². The zero-order valence-electron chi connectivity index (χ0n) is 11.5. The van der Waals surface area contributed by atoms with Gasteiger partial charge >= 0.3 is 0 Å². The van der Waals surface area contributed by atoms with E-state index in [-0.39, 0.29) is 11.7 Å². The number of hydrogen-bond acceptors (Lipinski definition) is 4. The predicted molar refractivity (Wildman–Crippen MR) is 70.4 cm³/mol. The Kier molecular flexibility index (Phi) is 4.31. The molecule has 0 radical (unpaired) electrons. The Morgan fingerprint density at radius 1 is 1.42 bits per heavy atom. The first kappa shape index (κ1) is 13.7. The fourth-order valence-corrected chi connectivity index (χ4v) is 2.26. The molecule has 1 aliphatic rings. The number of nitrogens with zero attached hydrogens (tertiary/aromatic N) is 4. The molecule has 0 aromatic carbocycles. The molecule has 0 spiro atoms. The molecule has 0 aliphatic carbocycles. The van der Waals surface area contributed by atoms with Gasteiger partial charge in [0.15, 0.2) is 0 Å². The minimum Gasteiger partial charge on any atom is -0.341 e. The van der Waals surface area contributed by atoms with Gasteiger partial charge in [-0.1, -0.05) is 0 Å². The molecule has 1 aliphatic heterocycles. The van der Waals surface area contributed by atoms with E-state index < -0.39 is 0 Å². The molecule has 6 nitrogen and oxygen atoms in total.